The first-order valence-electron chi connectivity index (χ1n) is 9.05. The molecule has 0 radical (unpaired) electrons. The van der Waals surface area contributed by atoms with Crippen LogP contribution in [0.1, 0.15) is 48.8 Å². The minimum Gasteiger partial charge on any atom is -0.308 e. The third-order valence-electron chi connectivity index (χ3n) is 5.66. The van der Waals surface area contributed by atoms with Crippen molar-refractivity contribution in [1.82, 2.24) is 9.38 Å². The molecule has 0 saturated heterocycles. The second kappa shape index (κ2) is 5.51. The van der Waals surface area contributed by atoms with E-state index in [1.54, 1.807) is 12.1 Å². The van der Waals surface area contributed by atoms with E-state index in [0.717, 1.165) is 47.3 Å². The Labute approximate surface area is 146 Å². The minimum atomic E-state index is -0.144. The summed E-state index contributed by atoms with van der Waals surface area (Å²) in [5.41, 5.74) is 4.36. The van der Waals surface area contributed by atoms with Crippen molar-refractivity contribution >= 4 is 11.4 Å². The van der Waals surface area contributed by atoms with Crippen molar-refractivity contribution in [2.24, 2.45) is 4.99 Å². The van der Waals surface area contributed by atoms with Crippen LogP contribution in [0.25, 0.3) is 5.65 Å². The van der Waals surface area contributed by atoms with E-state index in [1.807, 2.05) is 35.0 Å². The van der Waals surface area contributed by atoms with Crippen LogP contribution in [0.15, 0.2) is 53.9 Å². The number of hydrogen-bond acceptors (Lipinski definition) is 2. The van der Waals surface area contributed by atoms with Crippen LogP contribution in [0.2, 0.25) is 0 Å². The van der Waals surface area contributed by atoms with E-state index in [4.69, 9.17) is 4.99 Å². The number of halogens is 1. The van der Waals surface area contributed by atoms with E-state index in [2.05, 4.69) is 11.2 Å². The van der Waals surface area contributed by atoms with Gasteiger partial charge in [0.25, 0.3) is 0 Å². The first kappa shape index (κ1) is 14.8. The Hall–Kier alpha value is -2.49. The number of rotatable bonds is 1. The normalized spacial score (nSPS) is 19.0. The SMILES string of the molecule is Fc1cccc2c1CC1(CCCCC1)N=C2c1cnc2cccn2c1. The van der Waals surface area contributed by atoms with Crippen molar-refractivity contribution < 1.29 is 4.39 Å². The van der Waals surface area contributed by atoms with Crippen molar-refractivity contribution in [3.63, 3.8) is 0 Å². The van der Waals surface area contributed by atoms with Crippen LogP contribution >= 0.6 is 0 Å². The van der Waals surface area contributed by atoms with Gasteiger partial charge in [0, 0.05) is 36.1 Å². The maximum Gasteiger partial charge on any atom is 0.136 e. The molecule has 3 heterocycles. The van der Waals surface area contributed by atoms with E-state index < -0.39 is 0 Å². The minimum absolute atomic E-state index is 0.107. The molecule has 5 rings (SSSR count). The van der Waals surface area contributed by atoms with Crippen LogP contribution in [0.3, 0.4) is 0 Å². The van der Waals surface area contributed by atoms with E-state index in [1.165, 1.54) is 19.3 Å². The number of fused-ring (bicyclic) bond motifs is 2. The van der Waals surface area contributed by atoms with Gasteiger partial charge in [0.05, 0.1) is 11.3 Å². The Balaban J connectivity index is 1.72. The van der Waals surface area contributed by atoms with Gasteiger partial charge in [-0.3, -0.25) is 4.99 Å². The maximum absolute atomic E-state index is 14.6. The molecule has 0 unspecified atom stereocenters. The molecule has 1 fully saturated rings. The molecule has 2 aromatic heterocycles. The van der Waals surface area contributed by atoms with E-state index in [9.17, 15) is 4.39 Å². The molecule has 1 aliphatic carbocycles. The summed E-state index contributed by atoms with van der Waals surface area (Å²) < 4.78 is 16.6. The van der Waals surface area contributed by atoms with Gasteiger partial charge in [0.15, 0.2) is 0 Å². The fourth-order valence-corrected chi connectivity index (χ4v) is 4.39. The molecule has 2 aliphatic rings. The van der Waals surface area contributed by atoms with Gasteiger partial charge in [-0.25, -0.2) is 9.37 Å². The third kappa shape index (κ3) is 2.39. The van der Waals surface area contributed by atoms with Gasteiger partial charge >= 0.3 is 0 Å². The summed E-state index contributed by atoms with van der Waals surface area (Å²) in [5.74, 6) is -0.107. The van der Waals surface area contributed by atoms with Gasteiger partial charge in [0.2, 0.25) is 0 Å². The number of aromatic nitrogens is 2. The zero-order valence-corrected chi connectivity index (χ0v) is 14.1. The predicted molar refractivity (Wildman–Crippen MR) is 96.8 cm³/mol. The molecule has 25 heavy (non-hydrogen) atoms. The molecule has 1 aliphatic heterocycles. The summed E-state index contributed by atoms with van der Waals surface area (Å²) in [6.07, 6.45) is 12.3. The quantitative estimate of drug-likeness (QED) is 0.641. The molecule has 1 spiro atoms. The monoisotopic (exact) mass is 333 g/mol. The van der Waals surface area contributed by atoms with Crippen molar-refractivity contribution in [1.29, 1.82) is 0 Å². The standard InChI is InChI=1S/C21H20FN3/c22-18-7-4-6-16-17(18)12-21(9-2-1-3-10-21)24-20(16)15-13-23-19-8-5-11-25(19)14-15/h4-8,11,13-14H,1-3,9-10,12H2. The van der Waals surface area contributed by atoms with Crippen molar-refractivity contribution in [3.8, 4) is 0 Å². The smallest absolute Gasteiger partial charge is 0.136 e. The molecule has 0 atom stereocenters. The highest BCUT2D eigenvalue weighted by Crippen LogP contribution is 2.40. The molecule has 3 nitrogen and oxygen atoms in total. The van der Waals surface area contributed by atoms with E-state index >= 15 is 0 Å². The fraction of sp³-hybridized carbons (Fsp3) is 0.333. The topological polar surface area (TPSA) is 29.7 Å². The third-order valence-corrected chi connectivity index (χ3v) is 5.66. The van der Waals surface area contributed by atoms with Crippen LogP contribution in [-0.2, 0) is 6.42 Å². The van der Waals surface area contributed by atoms with Gasteiger partial charge in [-0.05, 0) is 36.6 Å². The van der Waals surface area contributed by atoms with Crippen LogP contribution in [0.4, 0.5) is 4.39 Å². The number of aliphatic imine (C=N–C) groups is 1. The van der Waals surface area contributed by atoms with Crippen LogP contribution in [-0.4, -0.2) is 20.6 Å². The molecule has 4 heteroatoms. The zero-order chi connectivity index (χ0) is 16.9. The van der Waals surface area contributed by atoms with Gasteiger partial charge in [-0.2, -0.15) is 0 Å². The Morgan fingerprint density at radius 2 is 1.92 bits per heavy atom. The number of hydrogen-bond donors (Lipinski definition) is 0. The summed E-state index contributed by atoms with van der Waals surface area (Å²) in [6, 6.07) is 9.30. The summed E-state index contributed by atoms with van der Waals surface area (Å²) in [4.78, 5) is 9.75. The highest BCUT2D eigenvalue weighted by atomic mass is 19.1. The van der Waals surface area contributed by atoms with Crippen LogP contribution in [0, 0.1) is 5.82 Å². The summed E-state index contributed by atoms with van der Waals surface area (Å²) >= 11 is 0. The molecule has 0 bridgehead atoms. The molecular formula is C21H20FN3. The van der Waals surface area contributed by atoms with Crippen LogP contribution < -0.4 is 0 Å². The molecule has 1 saturated carbocycles. The van der Waals surface area contributed by atoms with Crippen LogP contribution in [0.5, 0.6) is 0 Å². The van der Waals surface area contributed by atoms with Crippen molar-refractivity contribution in [2.45, 2.75) is 44.1 Å². The van der Waals surface area contributed by atoms with E-state index in [-0.39, 0.29) is 11.4 Å². The Bertz CT molecular complexity index is 980. The summed E-state index contributed by atoms with van der Waals surface area (Å²) in [6.45, 7) is 0. The lowest BCUT2D eigenvalue weighted by Gasteiger charge is -2.38. The predicted octanol–water partition coefficient (Wildman–Crippen LogP) is 4.57. The Morgan fingerprint density at radius 3 is 2.80 bits per heavy atom. The first-order chi connectivity index (χ1) is 12.2. The Morgan fingerprint density at radius 1 is 1.04 bits per heavy atom. The molecule has 126 valence electrons. The molecule has 3 aromatic rings. The lowest BCUT2D eigenvalue weighted by atomic mass is 9.74. The highest BCUT2D eigenvalue weighted by Gasteiger charge is 2.38. The van der Waals surface area contributed by atoms with Gasteiger partial charge in [0.1, 0.15) is 11.5 Å². The zero-order valence-electron chi connectivity index (χ0n) is 14.1. The van der Waals surface area contributed by atoms with Crippen molar-refractivity contribution in [2.75, 3.05) is 0 Å². The van der Waals surface area contributed by atoms with Gasteiger partial charge in [-0.15, -0.1) is 0 Å². The molecule has 0 N–H and O–H groups in total. The maximum atomic E-state index is 14.6. The summed E-state index contributed by atoms with van der Waals surface area (Å²) in [5, 5.41) is 0. The largest absolute Gasteiger partial charge is 0.308 e. The number of benzene rings is 1. The van der Waals surface area contributed by atoms with E-state index in [0.29, 0.717) is 0 Å². The number of nitrogens with zero attached hydrogens (tertiary/aromatic N) is 3. The Kier molecular flexibility index (Phi) is 3.27. The average molecular weight is 333 g/mol. The fourth-order valence-electron chi connectivity index (χ4n) is 4.39. The second-order valence-electron chi connectivity index (χ2n) is 7.30. The average Bonchev–Trinajstić information content (AvgIpc) is 3.10. The van der Waals surface area contributed by atoms with Crippen molar-refractivity contribution in [3.05, 3.63) is 71.4 Å². The first-order valence-corrected chi connectivity index (χ1v) is 9.05. The second-order valence-corrected chi connectivity index (χ2v) is 7.30. The lowest BCUT2D eigenvalue weighted by molar-refractivity contribution is 0.291. The highest BCUT2D eigenvalue weighted by molar-refractivity contribution is 6.14. The molecule has 1 aromatic carbocycles. The molecule has 0 amide bonds. The van der Waals surface area contributed by atoms with Gasteiger partial charge in [-0.1, -0.05) is 31.4 Å². The molecular weight excluding hydrogens is 313 g/mol. The van der Waals surface area contributed by atoms with Gasteiger partial charge < -0.3 is 4.40 Å². The summed E-state index contributed by atoms with van der Waals surface area (Å²) in [7, 11) is 0. The lowest BCUT2D eigenvalue weighted by Crippen LogP contribution is -2.38.